The summed E-state index contributed by atoms with van der Waals surface area (Å²) >= 11 is 0. The maximum absolute atomic E-state index is 13.1. The Morgan fingerprint density at radius 3 is 2.53 bits per heavy atom. The summed E-state index contributed by atoms with van der Waals surface area (Å²) in [5.41, 5.74) is 2.62. The van der Waals surface area contributed by atoms with Crippen molar-refractivity contribution in [3.8, 4) is 22.8 Å². The minimum absolute atomic E-state index is 0.172. The number of aromatic nitrogens is 1. The summed E-state index contributed by atoms with van der Waals surface area (Å²) in [5.74, 6) is 0.855. The molecule has 1 N–H and O–H groups in total. The first-order valence-corrected chi connectivity index (χ1v) is 9.76. The number of para-hydroxylation sites is 1. The Kier molecular flexibility index (Phi) is 5.27. The van der Waals surface area contributed by atoms with Gasteiger partial charge in [0.2, 0.25) is 5.91 Å². The summed E-state index contributed by atoms with van der Waals surface area (Å²) < 4.78 is 11.3. The van der Waals surface area contributed by atoms with Crippen molar-refractivity contribution in [1.29, 1.82) is 0 Å². The number of nitrogens with one attached hydrogen (secondary N) is 1. The average Bonchev–Trinajstić information content (AvgIpc) is 2.77. The van der Waals surface area contributed by atoms with Crippen molar-refractivity contribution in [1.82, 2.24) is 15.2 Å². The molecule has 0 unspecified atom stereocenters. The number of benzene rings is 2. The van der Waals surface area contributed by atoms with Crippen LogP contribution in [0.3, 0.4) is 0 Å². The summed E-state index contributed by atoms with van der Waals surface area (Å²) in [5, 5.41) is 3.52. The van der Waals surface area contributed by atoms with E-state index in [9.17, 15) is 9.59 Å². The van der Waals surface area contributed by atoms with E-state index in [0.29, 0.717) is 41.5 Å². The quantitative estimate of drug-likeness (QED) is 0.722. The number of carbonyl (C=O) groups is 2. The third-order valence-corrected chi connectivity index (χ3v) is 4.96. The number of carbonyl (C=O) groups excluding carboxylic acids is 2. The van der Waals surface area contributed by atoms with Crippen LogP contribution in [0.2, 0.25) is 0 Å². The van der Waals surface area contributed by atoms with Gasteiger partial charge in [-0.25, -0.2) is 4.98 Å². The van der Waals surface area contributed by atoms with E-state index in [1.807, 2.05) is 42.5 Å². The third-order valence-electron chi connectivity index (χ3n) is 4.96. The van der Waals surface area contributed by atoms with Crippen LogP contribution in [0.5, 0.6) is 11.5 Å². The topological polar surface area (TPSA) is 80.8 Å². The van der Waals surface area contributed by atoms with Gasteiger partial charge in [0.05, 0.1) is 16.8 Å². The van der Waals surface area contributed by atoms with Crippen molar-refractivity contribution in [2.45, 2.75) is 13.0 Å². The van der Waals surface area contributed by atoms with E-state index in [4.69, 9.17) is 14.5 Å². The van der Waals surface area contributed by atoms with Crippen molar-refractivity contribution >= 4 is 22.7 Å². The SMILES string of the molecule is C[C@H](NC(=O)c1cc(-c2ccc3c(c2)OCCO3)nc2ccccc12)C(=O)N(C)C. The molecule has 0 saturated carbocycles. The van der Waals surface area contributed by atoms with Gasteiger partial charge in [0, 0.05) is 25.0 Å². The number of likely N-dealkylation sites (N-methyl/N-ethyl adjacent to an activating group) is 1. The maximum atomic E-state index is 13.1. The monoisotopic (exact) mass is 405 g/mol. The van der Waals surface area contributed by atoms with E-state index in [2.05, 4.69) is 5.32 Å². The molecule has 0 bridgehead atoms. The minimum atomic E-state index is -0.642. The van der Waals surface area contributed by atoms with Crippen molar-refractivity contribution in [2.75, 3.05) is 27.3 Å². The van der Waals surface area contributed by atoms with Crippen LogP contribution in [0.15, 0.2) is 48.5 Å². The van der Waals surface area contributed by atoms with Gasteiger partial charge in [-0.1, -0.05) is 18.2 Å². The van der Waals surface area contributed by atoms with E-state index >= 15 is 0 Å². The van der Waals surface area contributed by atoms with Crippen molar-refractivity contribution < 1.29 is 19.1 Å². The van der Waals surface area contributed by atoms with Crippen LogP contribution in [0, 0.1) is 0 Å². The molecule has 2 heterocycles. The van der Waals surface area contributed by atoms with Gasteiger partial charge in [-0.2, -0.15) is 0 Å². The van der Waals surface area contributed by atoms with Crippen LogP contribution in [0.1, 0.15) is 17.3 Å². The molecule has 2 aromatic carbocycles. The standard InChI is InChI=1S/C23H23N3O4/c1-14(23(28)26(2)3)24-22(27)17-13-19(25-18-7-5-4-6-16(17)18)15-8-9-20-21(12-15)30-11-10-29-20/h4-9,12-14H,10-11H2,1-3H3,(H,24,27)/t14-/m0/s1. The number of nitrogens with zero attached hydrogens (tertiary/aromatic N) is 2. The molecule has 3 aromatic rings. The zero-order valence-corrected chi connectivity index (χ0v) is 17.1. The van der Waals surface area contributed by atoms with Crippen LogP contribution >= 0.6 is 0 Å². The lowest BCUT2D eigenvalue weighted by Gasteiger charge is -2.20. The number of ether oxygens (including phenoxy) is 2. The first-order chi connectivity index (χ1) is 14.4. The number of rotatable bonds is 4. The Morgan fingerprint density at radius 2 is 1.77 bits per heavy atom. The number of hydrogen-bond donors (Lipinski definition) is 1. The van der Waals surface area contributed by atoms with Gasteiger partial charge >= 0.3 is 0 Å². The van der Waals surface area contributed by atoms with Gasteiger partial charge in [0.25, 0.3) is 5.91 Å². The number of fused-ring (bicyclic) bond motifs is 2. The highest BCUT2D eigenvalue weighted by molar-refractivity contribution is 6.08. The Balaban J connectivity index is 1.75. The molecular formula is C23H23N3O4. The molecule has 30 heavy (non-hydrogen) atoms. The lowest BCUT2D eigenvalue weighted by molar-refractivity contribution is -0.130. The maximum Gasteiger partial charge on any atom is 0.252 e. The Bertz CT molecular complexity index is 1130. The number of pyridine rings is 1. The average molecular weight is 405 g/mol. The molecule has 7 heteroatoms. The van der Waals surface area contributed by atoms with Crippen LogP contribution in [-0.4, -0.2) is 55.0 Å². The second-order valence-electron chi connectivity index (χ2n) is 7.36. The second kappa shape index (κ2) is 8.02. The third kappa shape index (κ3) is 3.78. The van der Waals surface area contributed by atoms with E-state index in [0.717, 1.165) is 10.9 Å². The normalized spacial score (nSPS) is 13.6. The van der Waals surface area contributed by atoms with Gasteiger partial charge in [-0.3, -0.25) is 9.59 Å². The molecule has 2 amide bonds. The van der Waals surface area contributed by atoms with Gasteiger partial charge in [0.1, 0.15) is 19.3 Å². The molecule has 0 aliphatic carbocycles. The Morgan fingerprint density at radius 1 is 1.03 bits per heavy atom. The van der Waals surface area contributed by atoms with Gasteiger partial charge < -0.3 is 19.7 Å². The summed E-state index contributed by atoms with van der Waals surface area (Å²) in [7, 11) is 3.32. The molecule has 0 radical (unpaired) electrons. The molecule has 4 rings (SSSR count). The smallest absolute Gasteiger partial charge is 0.252 e. The van der Waals surface area contributed by atoms with E-state index in [1.54, 1.807) is 27.1 Å². The fourth-order valence-corrected chi connectivity index (χ4v) is 3.44. The zero-order valence-electron chi connectivity index (χ0n) is 17.1. The molecular weight excluding hydrogens is 382 g/mol. The van der Waals surface area contributed by atoms with E-state index < -0.39 is 6.04 Å². The molecule has 1 aliphatic heterocycles. The Hall–Kier alpha value is -3.61. The zero-order chi connectivity index (χ0) is 21.3. The lowest BCUT2D eigenvalue weighted by atomic mass is 10.0. The van der Waals surface area contributed by atoms with Crippen LogP contribution in [0.4, 0.5) is 0 Å². The van der Waals surface area contributed by atoms with Gasteiger partial charge in [-0.05, 0) is 37.3 Å². The molecule has 0 saturated heterocycles. The Labute approximate surface area is 174 Å². The van der Waals surface area contributed by atoms with Crippen molar-refractivity contribution in [3.05, 3.63) is 54.1 Å². The number of amides is 2. The second-order valence-corrected chi connectivity index (χ2v) is 7.36. The fraction of sp³-hybridized carbons (Fsp3) is 0.261. The summed E-state index contributed by atoms with van der Waals surface area (Å²) in [6, 6.07) is 14.2. The predicted molar refractivity (Wildman–Crippen MR) is 114 cm³/mol. The summed E-state index contributed by atoms with van der Waals surface area (Å²) in [6.45, 7) is 2.69. The van der Waals surface area contributed by atoms with Crippen LogP contribution in [0.25, 0.3) is 22.2 Å². The van der Waals surface area contributed by atoms with E-state index in [-0.39, 0.29) is 11.8 Å². The molecule has 1 atom stereocenters. The van der Waals surface area contributed by atoms with Gasteiger partial charge in [0.15, 0.2) is 11.5 Å². The van der Waals surface area contributed by atoms with Crippen molar-refractivity contribution in [2.24, 2.45) is 0 Å². The lowest BCUT2D eigenvalue weighted by Crippen LogP contribution is -2.44. The van der Waals surface area contributed by atoms with E-state index in [1.165, 1.54) is 4.90 Å². The highest BCUT2D eigenvalue weighted by Crippen LogP contribution is 2.35. The minimum Gasteiger partial charge on any atom is -0.486 e. The van der Waals surface area contributed by atoms with Crippen LogP contribution in [-0.2, 0) is 4.79 Å². The highest BCUT2D eigenvalue weighted by Gasteiger charge is 2.21. The molecule has 7 nitrogen and oxygen atoms in total. The summed E-state index contributed by atoms with van der Waals surface area (Å²) in [4.78, 5) is 31.4. The molecule has 1 aliphatic rings. The van der Waals surface area contributed by atoms with Crippen LogP contribution < -0.4 is 14.8 Å². The molecule has 0 fully saturated rings. The molecule has 0 spiro atoms. The first-order valence-electron chi connectivity index (χ1n) is 9.76. The summed E-state index contributed by atoms with van der Waals surface area (Å²) in [6.07, 6.45) is 0. The van der Waals surface area contributed by atoms with Gasteiger partial charge in [-0.15, -0.1) is 0 Å². The largest absolute Gasteiger partial charge is 0.486 e. The number of hydrogen-bond acceptors (Lipinski definition) is 5. The first kappa shape index (κ1) is 19.7. The molecule has 154 valence electrons. The fourth-order valence-electron chi connectivity index (χ4n) is 3.44. The predicted octanol–water partition coefficient (Wildman–Crippen LogP) is 2.88. The highest BCUT2D eigenvalue weighted by atomic mass is 16.6. The van der Waals surface area contributed by atoms with Crippen molar-refractivity contribution in [3.63, 3.8) is 0 Å². The molecule has 1 aromatic heterocycles.